The van der Waals surface area contributed by atoms with Crippen molar-refractivity contribution in [3.05, 3.63) is 23.8 Å². The Hall–Kier alpha value is -0.630. The summed E-state index contributed by atoms with van der Waals surface area (Å²) in [6.07, 6.45) is 6.79. The molecule has 0 saturated carbocycles. The van der Waals surface area contributed by atoms with Gasteiger partial charge in [0, 0.05) is 10.6 Å². The highest BCUT2D eigenvalue weighted by atomic mass is 32.2. The standard InChI is InChI=1S/C14H23NS/c1-3-4-5-6-7-10-16-13-8-9-14(15)12(2)11-13/h8-9,11H,3-7,10,15H2,1-2H3. The van der Waals surface area contributed by atoms with Gasteiger partial charge in [-0.15, -0.1) is 11.8 Å². The van der Waals surface area contributed by atoms with Crippen LogP contribution in [0.25, 0.3) is 0 Å². The minimum atomic E-state index is 0.896. The van der Waals surface area contributed by atoms with E-state index in [-0.39, 0.29) is 0 Å². The minimum absolute atomic E-state index is 0.896. The Bertz CT molecular complexity index is 310. The number of nitrogens with two attached hydrogens (primary N) is 1. The predicted molar refractivity (Wildman–Crippen MR) is 75.1 cm³/mol. The Morgan fingerprint density at radius 1 is 1.12 bits per heavy atom. The van der Waals surface area contributed by atoms with Crippen molar-refractivity contribution < 1.29 is 0 Å². The summed E-state index contributed by atoms with van der Waals surface area (Å²) in [5, 5.41) is 0. The SMILES string of the molecule is CCCCCCCSc1ccc(N)c(C)c1. The normalized spacial score (nSPS) is 10.6. The van der Waals surface area contributed by atoms with E-state index < -0.39 is 0 Å². The first-order valence-electron chi connectivity index (χ1n) is 6.23. The van der Waals surface area contributed by atoms with Crippen molar-refractivity contribution in [3.63, 3.8) is 0 Å². The van der Waals surface area contributed by atoms with Crippen LogP contribution in [-0.4, -0.2) is 5.75 Å². The van der Waals surface area contributed by atoms with Crippen molar-refractivity contribution in [2.75, 3.05) is 11.5 Å². The molecule has 0 aromatic heterocycles. The lowest BCUT2D eigenvalue weighted by Crippen LogP contribution is -1.89. The van der Waals surface area contributed by atoms with Crippen LogP contribution >= 0.6 is 11.8 Å². The number of nitrogen functional groups attached to an aromatic ring is 1. The summed E-state index contributed by atoms with van der Waals surface area (Å²) < 4.78 is 0. The van der Waals surface area contributed by atoms with Gasteiger partial charge in [0.25, 0.3) is 0 Å². The molecule has 2 N–H and O–H groups in total. The van der Waals surface area contributed by atoms with Crippen LogP contribution in [0.15, 0.2) is 23.1 Å². The Balaban J connectivity index is 2.19. The maximum atomic E-state index is 5.79. The van der Waals surface area contributed by atoms with Crippen molar-refractivity contribution >= 4 is 17.4 Å². The largest absolute Gasteiger partial charge is 0.399 e. The maximum Gasteiger partial charge on any atom is 0.0344 e. The molecule has 0 radical (unpaired) electrons. The van der Waals surface area contributed by atoms with E-state index in [4.69, 9.17) is 5.73 Å². The van der Waals surface area contributed by atoms with Gasteiger partial charge in [0.1, 0.15) is 0 Å². The van der Waals surface area contributed by atoms with Crippen LogP contribution in [0.4, 0.5) is 5.69 Å². The van der Waals surface area contributed by atoms with E-state index in [9.17, 15) is 0 Å². The highest BCUT2D eigenvalue weighted by molar-refractivity contribution is 7.99. The number of rotatable bonds is 7. The maximum absolute atomic E-state index is 5.79. The van der Waals surface area contributed by atoms with Crippen molar-refractivity contribution in [1.82, 2.24) is 0 Å². The first-order valence-corrected chi connectivity index (χ1v) is 7.21. The van der Waals surface area contributed by atoms with Crippen molar-refractivity contribution in [1.29, 1.82) is 0 Å². The van der Waals surface area contributed by atoms with Crippen LogP contribution < -0.4 is 5.73 Å². The van der Waals surface area contributed by atoms with Crippen molar-refractivity contribution in [2.45, 2.75) is 50.8 Å². The number of aryl methyl sites for hydroxylation is 1. The molecule has 0 aliphatic rings. The van der Waals surface area contributed by atoms with E-state index in [1.165, 1.54) is 48.3 Å². The third kappa shape index (κ3) is 4.93. The van der Waals surface area contributed by atoms with Gasteiger partial charge < -0.3 is 5.73 Å². The van der Waals surface area contributed by atoms with Crippen LogP contribution in [-0.2, 0) is 0 Å². The molecule has 16 heavy (non-hydrogen) atoms. The van der Waals surface area contributed by atoms with E-state index in [2.05, 4.69) is 26.0 Å². The Labute approximate surface area is 104 Å². The highest BCUT2D eigenvalue weighted by Gasteiger charge is 1.97. The molecule has 2 heteroatoms. The Morgan fingerprint density at radius 2 is 1.88 bits per heavy atom. The molecule has 90 valence electrons. The van der Waals surface area contributed by atoms with E-state index >= 15 is 0 Å². The van der Waals surface area contributed by atoms with Gasteiger partial charge in [-0.25, -0.2) is 0 Å². The lowest BCUT2D eigenvalue weighted by Gasteiger charge is -2.05. The second kappa shape index (κ2) is 7.61. The molecule has 0 fully saturated rings. The predicted octanol–water partition coefficient (Wildman–Crippen LogP) is 4.64. The first kappa shape index (κ1) is 13.4. The van der Waals surface area contributed by atoms with Gasteiger partial charge in [-0.2, -0.15) is 0 Å². The molecule has 1 nitrogen and oxygen atoms in total. The molecule has 0 bridgehead atoms. The summed E-state index contributed by atoms with van der Waals surface area (Å²) in [5.41, 5.74) is 7.88. The molecule has 0 heterocycles. The van der Waals surface area contributed by atoms with Crippen molar-refractivity contribution in [2.24, 2.45) is 0 Å². The fraction of sp³-hybridized carbons (Fsp3) is 0.571. The van der Waals surface area contributed by atoms with Gasteiger partial charge in [0.05, 0.1) is 0 Å². The third-order valence-corrected chi connectivity index (χ3v) is 3.84. The van der Waals surface area contributed by atoms with Crippen LogP contribution in [0, 0.1) is 6.92 Å². The van der Waals surface area contributed by atoms with E-state index in [1.807, 2.05) is 17.8 Å². The number of anilines is 1. The molecule has 1 aromatic rings. The van der Waals surface area contributed by atoms with Gasteiger partial charge in [-0.05, 0) is 42.9 Å². The van der Waals surface area contributed by atoms with Crippen LogP contribution in [0.1, 0.15) is 44.6 Å². The molecular formula is C14H23NS. The number of hydrogen-bond donors (Lipinski definition) is 1. The van der Waals surface area contributed by atoms with Gasteiger partial charge in [0.2, 0.25) is 0 Å². The smallest absolute Gasteiger partial charge is 0.0344 e. The highest BCUT2D eigenvalue weighted by Crippen LogP contribution is 2.23. The minimum Gasteiger partial charge on any atom is -0.399 e. The van der Waals surface area contributed by atoms with Gasteiger partial charge in [0.15, 0.2) is 0 Å². The summed E-state index contributed by atoms with van der Waals surface area (Å²) in [6.45, 7) is 4.33. The zero-order chi connectivity index (χ0) is 11.8. The number of benzene rings is 1. The van der Waals surface area contributed by atoms with Crippen LogP contribution in [0.5, 0.6) is 0 Å². The molecular weight excluding hydrogens is 214 g/mol. The average Bonchev–Trinajstić information content (AvgIpc) is 2.28. The molecule has 0 unspecified atom stereocenters. The van der Waals surface area contributed by atoms with E-state index in [0.29, 0.717) is 0 Å². The summed E-state index contributed by atoms with van der Waals surface area (Å²) in [7, 11) is 0. The monoisotopic (exact) mass is 237 g/mol. The summed E-state index contributed by atoms with van der Waals surface area (Å²) in [5.74, 6) is 1.23. The fourth-order valence-electron chi connectivity index (χ4n) is 1.63. The van der Waals surface area contributed by atoms with Gasteiger partial charge in [-0.3, -0.25) is 0 Å². The fourth-order valence-corrected chi connectivity index (χ4v) is 2.64. The second-order valence-corrected chi connectivity index (χ2v) is 5.45. The quantitative estimate of drug-likeness (QED) is 0.425. The third-order valence-electron chi connectivity index (χ3n) is 2.76. The van der Waals surface area contributed by atoms with E-state index in [0.717, 1.165) is 5.69 Å². The molecule has 0 spiro atoms. The molecule has 0 aliphatic heterocycles. The van der Waals surface area contributed by atoms with Crippen LogP contribution in [0.3, 0.4) is 0 Å². The van der Waals surface area contributed by atoms with E-state index in [1.54, 1.807) is 0 Å². The topological polar surface area (TPSA) is 26.0 Å². The molecule has 1 rings (SSSR count). The zero-order valence-corrected chi connectivity index (χ0v) is 11.3. The summed E-state index contributed by atoms with van der Waals surface area (Å²) >= 11 is 1.95. The lowest BCUT2D eigenvalue weighted by atomic mass is 10.2. The van der Waals surface area contributed by atoms with Crippen molar-refractivity contribution in [3.8, 4) is 0 Å². The number of thioether (sulfide) groups is 1. The number of unbranched alkanes of at least 4 members (excludes halogenated alkanes) is 4. The molecule has 0 aliphatic carbocycles. The summed E-state index contributed by atoms with van der Waals surface area (Å²) in [4.78, 5) is 1.35. The molecule has 0 amide bonds. The first-order chi connectivity index (χ1) is 7.74. The van der Waals surface area contributed by atoms with Gasteiger partial charge in [-0.1, -0.05) is 32.6 Å². The van der Waals surface area contributed by atoms with Crippen LogP contribution in [0.2, 0.25) is 0 Å². The number of hydrogen-bond acceptors (Lipinski definition) is 2. The Kier molecular flexibility index (Phi) is 6.39. The Morgan fingerprint density at radius 3 is 2.56 bits per heavy atom. The lowest BCUT2D eigenvalue weighted by molar-refractivity contribution is 0.659. The molecule has 0 atom stereocenters. The summed E-state index contributed by atoms with van der Waals surface area (Å²) in [6, 6.07) is 6.32. The average molecular weight is 237 g/mol. The second-order valence-electron chi connectivity index (χ2n) is 4.28. The molecule has 0 saturated heterocycles. The zero-order valence-electron chi connectivity index (χ0n) is 10.5. The van der Waals surface area contributed by atoms with Gasteiger partial charge >= 0.3 is 0 Å². The molecule has 1 aromatic carbocycles.